The van der Waals surface area contributed by atoms with Crippen molar-refractivity contribution in [3.63, 3.8) is 0 Å². The molecule has 1 amide bonds. The summed E-state index contributed by atoms with van der Waals surface area (Å²) in [5, 5.41) is 23.5. The van der Waals surface area contributed by atoms with Crippen LogP contribution in [0, 0.1) is 5.92 Å². The number of carbonyl (C=O) groups is 1. The predicted molar refractivity (Wildman–Crippen MR) is 133 cm³/mol. The molecule has 6 heteroatoms. The highest BCUT2D eigenvalue weighted by Gasteiger charge is 2.60. The third kappa shape index (κ3) is 4.15. The van der Waals surface area contributed by atoms with Gasteiger partial charge in [-0.1, -0.05) is 43.3 Å². The van der Waals surface area contributed by atoms with Crippen molar-refractivity contribution in [2.45, 2.75) is 62.6 Å². The molecule has 4 atom stereocenters. The number of morpholine rings is 1. The molecule has 188 valence electrons. The number of carbonyl (C=O) groups excluding carboxylic acids is 1. The summed E-state index contributed by atoms with van der Waals surface area (Å²) in [6.07, 6.45) is 3.76. The van der Waals surface area contributed by atoms with Crippen LogP contribution in [-0.4, -0.2) is 59.5 Å². The van der Waals surface area contributed by atoms with Gasteiger partial charge in [-0.25, -0.2) is 0 Å². The quantitative estimate of drug-likeness (QED) is 0.686. The summed E-state index contributed by atoms with van der Waals surface area (Å²) in [6.45, 7) is 6.39. The summed E-state index contributed by atoms with van der Waals surface area (Å²) in [4.78, 5) is 14.3. The number of hydrogen-bond acceptors (Lipinski definition) is 5. The maximum atomic E-state index is 12.5. The zero-order valence-corrected chi connectivity index (χ0v) is 20.8. The minimum absolute atomic E-state index is 0.0142. The molecule has 0 spiro atoms. The van der Waals surface area contributed by atoms with E-state index in [0.717, 1.165) is 24.8 Å². The molecule has 2 fully saturated rings. The van der Waals surface area contributed by atoms with Gasteiger partial charge in [0.15, 0.2) is 6.61 Å². The Morgan fingerprint density at radius 3 is 2.60 bits per heavy atom. The average Bonchev–Trinajstić information content (AvgIpc) is 2.88. The average molecular weight is 480 g/mol. The first-order valence-electron chi connectivity index (χ1n) is 12.9. The third-order valence-corrected chi connectivity index (χ3v) is 8.86. The van der Waals surface area contributed by atoms with E-state index in [-0.39, 0.29) is 23.8 Å². The first-order chi connectivity index (χ1) is 16.8. The van der Waals surface area contributed by atoms with Gasteiger partial charge in [0, 0.05) is 18.5 Å². The highest BCUT2D eigenvalue weighted by atomic mass is 16.5. The lowest BCUT2D eigenvalue weighted by Gasteiger charge is -2.59. The molecule has 35 heavy (non-hydrogen) atoms. The van der Waals surface area contributed by atoms with E-state index < -0.39 is 11.2 Å². The standard InChI is InChI=1S/C29H37NO5/c1-3-28-20-27(2,32)29(33,22-7-5-4-6-8-22)18-23(28)10-9-21-17-24(11-12-25(21)28)35-19-26(31)30-13-15-34-16-14-30/h4-8,11-12,17,23,32-33H,3,9-10,13-16,18-20H2,1-2H3/t23-,27-,28-,29-/m1/s1. The van der Waals surface area contributed by atoms with Crippen LogP contribution < -0.4 is 4.74 Å². The number of benzene rings is 2. The second-order valence-corrected chi connectivity index (χ2v) is 10.7. The van der Waals surface area contributed by atoms with Crippen molar-refractivity contribution in [2.75, 3.05) is 32.9 Å². The van der Waals surface area contributed by atoms with Crippen LogP contribution in [0.3, 0.4) is 0 Å². The summed E-state index contributed by atoms with van der Waals surface area (Å²) in [6, 6.07) is 15.8. The molecule has 6 nitrogen and oxygen atoms in total. The zero-order valence-electron chi connectivity index (χ0n) is 20.8. The van der Waals surface area contributed by atoms with Crippen LogP contribution in [0.25, 0.3) is 0 Å². The molecule has 1 aliphatic heterocycles. The van der Waals surface area contributed by atoms with Gasteiger partial charge in [-0.3, -0.25) is 4.79 Å². The molecular weight excluding hydrogens is 442 g/mol. The second kappa shape index (κ2) is 9.23. The van der Waals surface area contributed by atoms with Gasteiger partial charge in [0.25, 0.3) is 5.91 Å². The van der Waals surface area contributed by atoms with Crippen LogP contribution in [0.4, 0.5) is 0 Å². The van der Waals surface area contributed by atoms with E-state index in [9.17, 15) is 15.0 Å². The van der Waals surface area contributed by atoms with Gasteiger partial charge in [0.05, 0.1) is 18.8 Å². The first-order valence-corrected chi connectivity index (χ1v) is 12.9. The maximum absolute atomic E-state index is 12.5. The predicted octanol–water partition coefficient (Wildman–Crippen LogP) is 3.57. The summed E-state index contributed by atoms with van der Waals surface area (Å²) < 4.78 is 11.2. The fourth-order valence-corrected chi connectivity index (χ4v) is 6.85. The van der Waals surface area contributed by atoms with Crippen molar-refractivity contribution in [1.29, 1.82) is 0 Å². The Kier molecular flexibility index (Phi) is 6.41. The Hall–Kier alpha value is -2.41. The van der Waals surface area contributed by atoms with E-state index in [1.165, 1.54) is 11.1 Å². The molecule has 1 saturated carbocycles. The number of rotatable bonds is 5. The van der Waals surface area contributed by atoms with Crippen molar-refractivity contribution in [3.05, 3.63) is 65.2 Å². The van der Waals surface area contributed by atoms with Crippen LogP contribution >= 0.6 is 0 Å². The van der Waals surface area contributed by atoms with Crippen molar-refractivity contribution in [3.8, 4) is 5.75 Å². The number of hydrogen-bond donors (Lipinski definition) is 2. The third-order valence-electron chi connectivity index (χ3n) is 8.86. The van der Waals surface area contributed by atoms with Gasteiger partial charge < -0.3 is 24.6 Å². The second-order valence-electron chi connectivity index (χ2n) is 10.7. The molecule has 0 radical (unpaired) electrons. The summed E-state index contributed by atoms with van der Waals surface area (Å²) in [5.74, 6) is 0.957. The van der Waals surface area contributed by atoms with Crippen LogP contribution in [0.5, 0.6) is 5.75 Å². The lowest BCUT2D eigenvalue weighted by atomic mass is 9.49. The van der Waals surface area contributed by atoms with Gasteiger partial charge >= 0.3 is 0 Å². The van der Waals surface area contributed by atoms with E-state index in [1.54, 1.807) is 11.8 Å². The van der Waals surface area contributed by atoms with E-state index >= 15 is 0 Å². The monoisotopic (exact) mass is 479 g/mol. The molecule has 3 aliphatic rings. The summed E-state index contributed by atoms with van der Waals surface area (Å²) in [5.41, 5.74) is 0.501. The number of fused-ring (bicyclic) bond motifs is 3. The Morgan fingerprint density at radius 1 is 1.14 bits per heavy atom. The van der Waals surface area contributed by atoms with Gasteiger partial charge in [-0.15, -0.1) is 0 Å². The van der Waals surface area contributed by atoms with E-state index in [4.69, 9.17) is 9.47 Å². The topological polar surface area (TPSA) is 79.2 Å². The molecule has 0 unspecified atom stereocenters. The normalized spacial score (nSPS) is 32.5. The Labute approximate surface area is 207 Å². The number of nitrogens with zero attached hydrogens (tertiary/aromatic N) is 1. The minimum Gasteiger partial charge on any atom is -0.484 e. The fourth-order valence-electron chi connectivity index (χ4n) is 6.85. The Balaban J connectivity index is 1.38. The highest BCUT2D eigenvalue weighted by Crippen LogP contribution is 2.60. The Morgan fingerprint density at radius 2 is 1.89 bits per heavy atom. The molecule has 1 heterocycles. The molecule has 1 saturated heterocycles. The number of aryl methyl sites for hydroxylation is 1. The number of aliphatic hydroxyl groups is 2. The van der Waals surface area contributed by atoms with Gasteiger partial charge in [-0.05, 0) is 73.8 Å². The molecule has 2 aliphatic carbocycles. The van der Waals surface area contributed by atoms with Crippen LogP contribution in [0.15, 0.2) is 48.5 Å². The van der Waals surface area contributed by atoms with E-state index in [0.29, 0.717) is 44.9 Å². The van der Waals surface area contributed by atoms with Crippen LogP contribution in [0.2, 0.25) is 0 Å². The largest absolute Gasteiger partial charge is 0.484 e. The minimum atomic E-state index is -1.28. The number of amides is 1. The maximum Gasteiger partial charge on any atom is 0.260 e. The Bertz CT molecular complexity index is 1060. The van der Waals surface area contributed by atoms with E-state index in [1.807, 2.05) is 36.4 Å². The molecule has 2 aromatic carbocycles. The molecule has 0 bridgehead atoms. The lowest BCUT2D eigenvalue weighted by Crippen LogP contribution is -2.62. The van der Waals surface area contributed by atoms with Gasteiger partial charge in [-0.2, -0.15) is 0 Å². The van der Waals surface area contributed by atoms with Crippen LogP contribution in [-0.2, 0) is 27.0 Å². The van der Waals surface area contributed by atoms with Crippen molar-refractivity contribution < 1.29 is 24.5 Å². The fraction of sp³-hybridized carbons (Fsp3) is 0.552. The first kappa shape index (κ1) is 24.3. The number of ether oxygens (including phenoxy) is 2. The van der Waals surface area contributed by atoms with Crippen molar-refractivity contribution in [2.24, 2.45) is 5.92 Å². The van der Waals surface area contributed by atoms with Crippen molar-refractivity contribution >= 4 is 5.91 Å². The van der Waals surface area contributed by atoms with Crippen LogP contribution in [0.1, 0.15) is 56.2 Å². The SMILES string of the molecule is CC[C@@]12C[C@@](C)(O)[C@](O)(c3ccccc3)C[C@H]1CCc1cc(OCC(=O)N3CCOCC3)ccc12. The summed E-state index contributed by atoms with van der Waals surface area (Å²) in [7, 11) is 0. The molecular formula is C29H37NO5. The molecule has 2 aromatic rings. The van der Waals surface area contributed by atoms with Gasteiger partial charge in [0.2, 0.25) is 0 Å². The highest BCUT2D eigenvalue weighted by molar-refractivity contribution is 5.77. The van der Waals surface area contributed by atoms with Crippen molar-refractivity contribution in [1.82, 2.24) is 4.90 Å². The smallest absolute Gasteiger partial charge is 0.260 e. The zero-order chi connectivity index (χ0) is 24.7. The molecule has 2 N–H and O–H groups in total. The van der Waals surface area contributed by atoms with E-state index in [2.05, 4.69) is 19.1 Å². The lowest BCUT2D eigenvalue weighted by molar-refractivity contribution is -0.205. The molecule has 0 aromatic heterocycles. The summed E-state index contributed by atoms with van der Waals surface area (Å²) >= 11 is 0. The molecule has 5 rings (SSSR count). The van der Waals surface area contributed by atoms with Gasteiger partial charge in [0.1, 0.15) is 11.4 Å².